The molecular formula is C15H31NO2S. The zero-order chi connectivity index (χ0) is 13.9. The average molecular weight is 289 g/mol. The van der Waals surface area contributed by atoms with Crippen LogP contribution in [0.5, 0.6) is 0 Å². The summed E-state index contributed by atoms with van der Waals surface area (Å²) in [5.41, 5.74) is 0.443. The summed E-state index contributed by atoms with van der Waals surface area (Å²) < 4.78 is 21.4. The number of hydrogen-bond donors (Lipinski definition) is 2. The number of nitrogens with one attached hydrogen (secondary N) is 1. The van der Waals surface area contributed by atoms with Crippen molar-refractivity contribution in [2.24, 2.45) is 11.3 Å². The van der Waals surface area contributed by atoms with Gasteiger partial charge < -0.3 is 4.74 Å². The second kappa shape index (κ2) is 6.23. The van der Waals surface area contributed by atoms with Crippen LogP contribution < -0.4 is 4.72 Å². The Morgan fingerprint density at radius 2 is 1.68 bits per heavy atom. The van der Waals surface area contributed by atoms with E-state index in [0.29, 0.717) is 24.7 Å². The van der Waals surface area contributed by atoms with E-state index in [9.17, 15) is 4.21 Å². The molecule has 1 aliphatic carbocycles. The highest BCUT2D eigenvalue weighted by atomic mass is 32.3. The van der Waals surface area contributed by atoms with Crippen molar-refractivity contribution in [2.45, 2.75) is 58.9 Å². The first-order valence-corrected chi connectivity index (χ1v) is 9.88. The molecule has 0 atom stereocenters. The normalized spacial score (nSPS) is 33.8. The summed E-state index contributed by atoms with van der Waals surface area (Å²) in [6.45, 7) is 8.33. The lowest BCUT2D eigenvalue weighted by atomic mass is 9.76. The summed E-state index contributed by atoms with van der Waals surface area (Å²) in [5.74, 6) is 2.33. The molecule has 0 aromatic rings. The van der Waals surface area contributed by atoms with E-state index in [-0.39, 0.29) is 0 Å². The molecule has 1 saturated heterocycles. The van der Waals surface area contributed by atoms with Gasteiger partial charge in [-0.3, -0.25) is 8.93 Å². The molecular weight excluding hydrogens is 258 g/mol. The van der Waals surface area contributed by atoms with Crippen LogP contribution in [0, 0.1) is 11.3 Å². The van der Waals surface area contributed by atoms with E-state index in [4.69, 9.17) is 4.74 Å². The van der Waals surface area contributed by atoms with Crippen LogP contribution in [0.2, 0.25) is 0 Å². The van der Waals surface area contributed by atoms with Crippen molar-refractivity contribution in [1.29, 1.82) is 0 Å². The standard InChI is InChI=1S/C15H31NO2S/c1-15(2,3)12-13-4-6-14(7-5-13)16-19(17)10-8-18-9-11-19/h13-14,19H,4-12H2,1-3H3,(H,16,17). The lowest BCUT2D eigenvalue weighted by Crippen LogP contribution is -2.49. The highest BCUT2D eigenvalue weighted by Crippen LogP contribution is 2.34. The van der Waals surface area contributed by atoms with Gasteiger partial charge in [0, 0.05) is 17.5 Å². The minimum Gasteiger partial charge on any atom is -0.380 e. The van der Waals surface area contributed by atoms with Crippen LogP contribution >= 0.6 is 0 Å². The second-order valence-electron chi connectivity index (χ2n) is 7.56. The minimum absolute atomic E-state index is 0.443. The zero-order valence-electron chi connectivity index (χ0n) is 12.8. The molecule has 3 nitrogen and oxygen atoms in total. The molecule has 1 N–H and O–H groups in total. The van der Waals surface area contributed by atoms with E-state index in [1.165, 1.54) is 32.1 Å². The highest BCUT2D eigenvalue weighted by Gasteiger charge is 2.28. The molecule has 114 valence electrons. The summed E-state index contributed by atoms with van der Waals surface area (Å²) in [6, 6.07) is 0.486. The average Bonchev–Trinajstić information content (AvgIpc) is 2.30. The summed E-state index contributed by atoms with van der Waals surface area (Å²) >= 11 is 0. The molecule has 0 spiro atoms. The number of hydrogen-bond acceptors (Lipinski definition) is 2. The van der Waals surface area contributed by atoms with Crippen LogP contribution in [0.25, 0.3) is 0 Å². The van der Waals surface area contributed by atoms with Gasteiger partial charge in [-0.25, -0.2) is 0 Å². The summed E-state index contributed by atoms with van der Waals surface area (Å²) in [4.78, 5) is 0. The topological polar surface area (TPSA) is 38.3 Å². The van der Waals surface area contributed by atoms with Crippen molar-refractivity contribution < 1.29 is 8.95 Å². The quantitative estimate of drug-likeness (QED) is 0.784. The fourth-order valence-electron chi connectivity index (χ4n) is 3.46. The predicted octanol–water partition coefficient (Wildman–Crippen LogP) is 2.53. The third-order valence-electron chi connectivity index (χ3n) is 4.36. The fourth-order valence-corrected chi connectivity index (χ4v) is 5.71. The van der Waals surface area contributed by atoms with Gasteiger partial charge in [0.2, 0.25) is 0 Å². The van der Waals surface area contributed by atoms with Gasteiger partial charge in [-0.2, -0.15) is 0 Å². The van der Waals surface area contributed by atoms with Gasteiger partial charge in [0.1, 0.15) is 0 Å². The summed E-state index contributed by atoms with van der Waals surface area (Å²) in [7, 11) is -2.12. The fraction of sp³-hybridized carbons (Fsp3) is 1.00. The Labute approximate surface area is 119 Å². The van der Waals surface area contributed by atoms with Gasteiger partial charge in [-0.15, -0.1) is 0 Å². The molecule has 0 bridgehead atoms. The Bertz CT molecular complexity index is 320. The maximum atomic E-state index is 12.6. The molecule has 4 heteroatoms. The third-order valence-corrected chi connectivity index (χ3v) is 7.00. The van der Waals surface area contributed by atoms with Gasteiger partial charge in [-0.1, -0.05) is 30.9 Å². The van der Waals surface area contributed by atoms with Crippen molar-refractivity contribution in [1.82, 2.24) is 4.72 Å². The van der Waals surface area contributed by atoms with Gasteiger partial charge in [0.05, 0.1) is 13.2 Å². The molecule has 0 aromatic carbocycles. The van der Waals surface area contributed by atoms with Crippen LogP contribution in [0.4, 0.5) is 0 Å². The molecule has 19 heavy (non-hydrogen) atoms. The Morgan fingerprint density at radius 1 is 1.11 bits per heavy atom. The van der Waals surface area contributed by atoms with Crippen LogP contribution in [0.3, 0.4) is 0 Å². The number of rotatable bonds is 3. The molecule has 0 aromatic heterocycles. The lowest BCUT2D eigenvalue weighted by Gasteiger charge is -2.37. The van der Waals surface area contributed by atoms with E-state index in [1.54, 1.807) is 0 Å². The van der Waals surface area contributed by atoms with E-state index in [0.717, 1.165) is 17.4 Å². The van der Waals surface area contributed by atoms with Crippen molar-refractivity contribution in [3.8, 4) is 0 Å². The Kier molecular flexibility index (Phi) is 5.07. The van der Waals surface area contributed by atoms with Gasteiger partial charge in [0.15, 0.2) is 0 Å². The monoisotopic (exact) mass is 289 g/mol. The largest absolute Gasteiger partial charge is 0.380 e. The molecule has 1 aliphatic heterocycles. The first-order chi connectivity index (χ1) is 8.86. The first-order valence-electron chi connectivity index (χ1n) is 7.80. The Morgan fingerprint density at radius 3 is 2.21 bits per heavy atom. The van der Waals surface area contributed by atoms with Crippen molar-refractivity contribution >= 4 is 10.1 Å². The maximum absolute atomic E-state index is 12.6. The van der Waals surface area contributed by atoms with Crippen LogP contribution in [-0.4, -0.2) is 35.0 Å². The first kappa shape index (κ1) is 15.5. The van der Waals surface area contributed by atoms with Gasteiger partial charge >= 0.3 is 0 Å². The third kappa shape index (κ3) is 5.16. The molecule has 0 amide bonds. The Balaban J connectivity index is 1.75. The summed E-state index contributed by atoms with van der Waals surface area (Å²) in [5, 5.41) is 0. The zero-order valence-corrected chi connectivity index (χ0v) is 13.7. The molecule has 2 aliphatic rings. The van der Waals surface area contributed by atoms with E-state index < -0.39 is 10.1 Å². The van der Waals surface area contributed by atoms with E-state index in [1.807, 2.05) is 0 Å². The molecule has 2 rings (SSSR count). The molecule has 0 unspecified atom stereocenters. The summed E-state index contributed by atoms with van der Waals surface area (Å²) in [6.07, 6.45) is 6.32. The second-order valence-corrected chi connectivity index (χ2v) is 10.5. The van der Waals surface area contributed by atoms with Crippen molar-refractivity contribution in [2.75, 3.05) is 24.7 Å². The predicted molar refractivity (Wildman–Crippen MR) is 83.0 cm³/mol. The molecule has 1 heterocycles. The maximum Gasteiger partial charge on any atom is 0.0574 e. The van der Waals surface area contributed by atoms with Crippen LogP contribution in [-0.2, 0) is 14.9 Å². The van der Waals surface area contributed by atoms with E-state index >= 15 is 0 Å². The number of ether oxygens (including phenoxy) is 1. The van der Waals surface area contributed by atoms with Gasteiger partial charge in [0.25, 0.3) is 0 Å². The Hall–Kier alpha value is 0.0700. The molecule has 0 radical (unpaired) electrons. The van der Waals surface area contributed by atoms with Crippen LogP contribution in [0.1, 0.15) is 52.9 Å². The number of thiol groups is 1. The minimum atomic E-state index is -2.12. The molecule has 1 saturated carbocycles. The van der Waals surface area contributed by atoms with Crippen molar-refractivity contribution in [3.63, 3.8) is 0 Å². The molecule has 2 fully saturated rings. The van der Waals surface area contributed by atoms with Gasteiger partial charge in [-0.05, 0) is 43.4 Å². The van der Waals surface area contributed by atoms with Crippen molar-refractivity contribution in [3.05, 3.63) is 0 Å². The highest BCUT2D eigenvalue weighted by molar-refractivity contribution is 8.01. The lowest BCUT2D eigenvalue weighted by molar-refractivity contribution is 0.156. The van der Waals surface area contributed by atoms with E-state index in [2.05, 4.69) is 25.5 Å². The smallest absolute Gasteiger partial charge is 0.0574 e. The van der Waals surface area contributed by atoms with Crippen LogP contribution in [0.15, 0.2) is 0 Å². The SMILES string of the molecule is CC(C)(C)CC1CCC(N[SH]2(=O)CCOCC2)CC1.